The van der Waals surface area contributed by atoms with E-state index in [1.807, 2.05) is 0 Å². The van der Waals surface area contributed by atoms with Gasteiger partial charge in [0, 0.05) is 25.7 Å². The Balaban J connectivity index is 2.30. The number of aliphatic hydroxyl groups excluding tert-OH is 1. The first kappa shape index (κ1) is 14.9. The molecule has 0 amide bonds. The van der Waals surface area contributed by atoms with Gasteiger partial charge in [0.15, 0.2) is 0 Å². The van der Waals surface area contributed by atoms with Crippen LogP contribution < -0.4 is 5.32 Å². The van der Waals surface area contributed by atoms with Crippen molar-refractivity contribution in [3.05, 3.63) is 0 Å². The van der Waals surface area contributed by atoms with Crippen molar-refractivity contribution in [3.8, 4) is 0 Å². The van der Waals surface area contributed by atoms with E-state index in [0.29, 0.717) is 12.6 Å². The largest absolute Gasteiger partial charge is 0.390 e. The molecule has 0 aromatic rings. The Labute approximate surface area is 105 Å². The van der Waals surface area contributed by atoms with Crippen molar-refractivity contribution in [2.24, 2.45) is 0 Å². The minimum atomic E-state index is -0.277. The van der Waals surface area contributed by atoms with E-state index in [1.165, 1.54) is 0 Å². The number of β-amino-alcohol motifs (C(OH)–C–C–N with tert-alkyl or cyclic N) is 1. The number of morpholine rings is 1. The molecule has 1 heterocycles. The molecule has 0 radical (unpaired) electrons. The first-order valence-corrected chi connectivity index (χ1v) is 6.91. The fraction of sp³-hybridized carbons (Fsp3) is 1.00. The number of hydrogen-bond donors (Lipinski definition) is 2. The monoisotopic (exact) mass is 244 g/mol. The topological polar surface area (TPSA) is 44.7 Å². The van der Waals surface area contributed by atoms with Gasteiger partial charge >= 0.3 is 0 Å². The standard InChI is InChI=1S/C13H28N2O2/c1-4-6-14-7-13(16)9-15-8-11(3)17-10-12(15)5-2/h11-14,16H,4-10H2,1-3H3. The molecule has 1 aliphatic heterocycles. The lowest BCUT2D eigenvalue weighted by Crippen LogP contribution is -2.52. The minimum absolute atomic E-state index is 0.277. The first-order chi connectivity index (χ1) is 8.17. The lowest BCUT2D eigenvalue weighted by atomic mass is 10.1. The minimum Gasteiger partial charge on any atom is -0.390 e. The average molecular weight is 244 g/mol. The van der Waals surface area contributed by atoms with Gasteiger partial charge in [-0.2, -0.15) is 0 Å². The van der Waals surface area contributed by atoms with Gasteiger partial charge in [0.1, 0.15) is 0 Å². The summed E-state index contributed by atoms with van der Waals surface area (Å²) in [6.07, 6.45) is 2.20. The van der Waals surface area contributed by atoms with Crippen molar-refractivity contribution in [1.29, 1.82) is 0 Å². The van der Waals surface area contributed by atoms with Crippen LogP contribution in [0.3, 0.4) is 0 Å². The Hall–Kier alpha value is -0.160. The Morgan fingerprint density at radius 3 is 2.88 bits per heavy atom. The van der Waals surface area contributed by atoms with Crippen molar-refractivity contribution in [2.75, 3.05) is 32.8 Å². The highest BCUT2D eigenvalue weighted by molar-refractivity contribution is 4.80. The number of ether oxygens (including phenoxy) is 1. The van der Waals surface area contributed by atoms with Crippen molar-refractivity contribution < 1.29 is 9.84 Å². The fourth-order valence-electron chi connectivity index (χ4n) is 2.29. The molecule has 0 saturated carbocycles. The Bertz CT molecular complexity index is 202. The summed E-state index contributed by atoms with van der Waals surface area (Å²) in [7, 11) is 0. The van der Waals surface area contributed by atoms with Crippen LogP contribution in [0.15, 0.2) is 0 Å². The Morgan fingerprint density at radius 1 is 1.47 bits per heavy atom. The predicted octanol–water partition coefficient (Wildman–Crippen LogP) is 0.846. The van der Waals surface area contributed by atoms with Crippen LogP contribution in [0.5, 0.6) is 0 Å². The molecule has 102 valence electrons. The molecule has 3 unspecified atom stereocenters. The van der Waals surface area contributed by atoms with Gasteiger partial charge in [-0.3, -0.25) is 4.90 Å². The van der Waals surface area contributed by atoms with Gasteiger partial charge in [0.25, 0.3) is 0 Å². The quantitative estimate of drug-likeness (QED) is 0.652. The molecule has 17 heavy (non-hydrogen) atoms. The molecular formula is C13H28N2O2. The van der Waals surface area contributed by atoms with E-state index in [1.54, 1.807) is 0 Å². The van der Waals surface area contributed by atoms with Gasteiger partial charge in [-0.15, -0.1) is 0 Å². The third kappa shape index (κ3) is 5.34. The molecule has 0 aliphatic carbocycles. The summed E-state index contributed by atoms with van der Waals surface area (Å²) in [6, 6.07) is 0.465. The molecule has 1 aliphatic rings. The van der Waals surface area contributed by atoms with E-state index >= 15 is 0 Å². The summed E-state index contributed by atoms with van der Waals surface area (Å²) in [5.74, 6) is 0. The molecular weight excluding hydrogens is 216 g/mol. The maximum atomic E-state index is 9.98. The average Bonchev–Trinajstić information content (AvgIpc) is 2.29. The van der Waals surface area contributed by atoms with Crippen LogP contribution in [0.4, 0.5) is 0 Å². The molecule has 0 aromatic heterocycles. The van der Waals surface area contributed by atoms with Crippen LogP contribution in [-0.2, 0) is 4.74 Å². The van der Waals surface area contributed by atoms with Crippen molar-refractivity contribution in [2.45, 2.75) is 51.9 Å². The molecule has 1 fully saturated rings. The van der Waals surface area contributed by atoms with Crippen LogP contribution in [0, 0.1) is 0 Å². The van der Waals surface area contributed by atoms with E-state index in [2.05, 4.69) is 31.0 Å². The fourth-order valence-corrected chi connectivity index (χ4v) is 2.29. The number of nitrogens with zero attached hydrogens (tertiary/aromatic N) is 1. The van der Waals surface area contributed by atoms with E-state index in [9.17, 15) is 5.11 Å². The second-order valence-corrected chi connectivity index (χ2v) is 5.02. The second kappa shape index (κ2) is 8.03. The van der Waals surface area contributed by atoms with Crippen LogP contribution in [0.2, 0.25) is 0 Å². The number of rotatable bonds is 7. The van der Waals surface area contributed by atoms with Gasteiger partial charge in [-0.1, -0.05) is 13.8 Å². The third-order valence-electron chi connectivity index (χ3n) is 3.30. The summed E-state index contributed by atoms with van der Waals surface area (Å²) in [6.45, 7) is 10.6. The molecule has 4 heteroatoms. The summed E-state index contributed by atoms with van der Waals surface area (Å²) in [4.78, 5) is 2.37. The van der Waals surface area contributed by atoms with Gasteiger partial charge in [-0.25, -0.2) is 0 Å². The molecule has 0 bridgehead atoms. The van der Waals surface area contributed by atoms with Crippen LogP contribution in [0.25, 0.3) is 0 Å². The van der Waals surface area contributed by atoms with Gasteiger partial charge in [-0.05, 0) is 26.3 Å². The highest BCUT2D eigenvalue weighted by Crippen LogP contribution is 2.14. The van der Waals surface area contributed by atoms with E-state index in [0.717, 1.165) is 39.1 Å². The zero-order chi connectivity index (χ0) is 12.7. The zero-order valence-corrected chi connectivity index (χ0v) is 11.5. The first-order valence-electron chi connectivity index (χ1n) is 6.91. The van der Waals surface area contributed by atoms with E-state index in [-0.39, 0.29) is 12.2 Å². The maximum Gasteiger partial charge on any atom is 0.0791 e. The molecule has 2 N–H and O–H groups in total. The normalized spacial score (nSPS) is 28.2. The van der Waals surface area contributed by atoms with Crippen molar-refractivity contribution in [3.63, 3.8) is 0 Å². The molecule has 0 aromatic carbocycles. The highest BCUT2D eigenvalue weighted by Gasteiger charge is 2.26. The lowest BCUT2D eigenvalue weighted by Gasteiger charge is -2.39. The van der Waals surface area contributed by atoms with Crippen LogP contribution in [-0.4, -0.2) is 61.0 Å². The van der Waals surface area contributed by atoms with Gasteiger partial charge < -0.3 is 15.2 Å². The van der Waals surface area contributed by atoms with Gasteiger partial charge in [0.2, 0.25) is 0 Å². The van der Waals surface area contributed by atoms with E-state index < -0.39 is 0 Å². The Morgan fingerprint density at radius 2 is 2.24 bits per heavy atom. The maximum absolute atomic E-state index is 9.98. The smallest absolute Gasteiger partial charge is 0.0791 e. The second-order valence-electron chi connectivity index (χ2n) is 5.02. The molecule has 1 saturated heterocycles. The summed E-state index contributed by atoms with van der Waals surface area (Å²) >= 11 is 0. The highest BCUT2D eigenvalue weighted by atomic mass is 16.5. The third-order valence-corrected chi connectivity index (χ3v) is 3.30. The molecule has 4 nitrogen and oxygen atoms in total. The molecule has 1 rings (SSSR count). The summed E-state index contributed by atoms with van der Waals surface area (Å²) in [5, 5.41) is 13.2. The van der Waals surface area contributed by atoms with Crippen LogP contribution in [0.1, 0.15) is 33.6 Å². The number of hydrogen-bond acceptors (Lipinski definition) is 4. The van der Waals surface area contributed by atoms with E-state index in [4.69, 9.17) is 4.74 Å². The molecule has 3 atom stereocenters. The van der Waals surface area contributed by atoms with Crippen molar-refractivity contribution in [1.82, 2.24) is 10.2 Å². The lowest BCUT2D eigenvalue weighted by molar-refractivity contribution is -0.0674. The number of nitrogens with one attached hydrogen (secondary N) is 1. The Kier molecular flexibility index (Phi) is 7.04. The number of aliphatic hydroxyl groups is 1. The zero-order valence-electron chi connectivity index (χ0n) is 11.5. The van der Waals surface area contributed by atoms with Crippen molar-refractivity contribution >= 4 is 0 Å². The molecule has 0 spiro atoms. The SMILES string of the molecule is CCCNCC(O)CN1CC(C)OCC1CC. The van der Waals surface area contributed by atoms with Crippen LogP contribution >= 0.6 is 0 Å². The summed E-state index contributed by atoms with van der Waals surface area (Å²) < 4.78 is 5.65. The summed E-state index contributed by atoms with van der Waals surface area (Å²) in [5.41, 5.74) is 0. The predicted molar refractivity (Wildman–Crippen MR) is 70.2 cm³/mol. The van der Waals surface area contributed by atoms with Gasteiger partial charge in [0.05, 0.1) is 18.8 Å².